The van der Waals surface area contributed by atoms with Crippen LogP contribution in [0.25, 0.3) is 11.0 Å². The van der Waals surface area contributed by atoms with E-state index in [1.165, 1.54) is 4.90 Å². The van der Waals surface area contributed by atoms with E-state index in [4.69, 9.17) is 5.73 Å². The maximum absolute atomic E-state index is 14.5. The van der Waals surface area contributed by atoms with Crippen LogP contribution in [0.2, 0.25) is 0 Å². The Labute approximate surface area is 220 Å². The normalized spacial score (nSPS) is 14.2. The Morgan fingerprint density at radius 1 is 0.974 bits per heavy atom. The number of fused-ring (bicyclic) bond motifs is 1. The van der Waals surface area contributed by atoms with Gasteiger partial charge in [-0.05, 0) is 55.4 Å². The molecule has 39 heavy (non-hydrogen) atoms. The fourth-order valence-electron chi connectivity index (χ4n) is 5.36. The van der Waals surface area contributed by atoms with Crippen molar-refractivity contribution in [3.63, 3.8) is 0 Å². The van der Waals surface area contributed by atoms with Crippen molar-refractivity contribution in [2.45, 2.75) is 58.9 Å². The summed E-state index contributed by atoms with van der Waals surface area (Å²) in [5, 5.41) is 0. The highest BCUT2D eigenvalue weighted by Gasteiger charge is 2.28. The minimum absolute atomic E-state index is 0.0945. The number of halogens is 5. The van der Waals surface area contributed by atoms with Gasteiger partial charge in [0.1, 0.15) is 0 Å². The Bertz CT molecular complexity index is 1480. The highest BCUT2D eigenvalue weighted by atomic mass is 19.2. The lowest BCUT2D eigenvalue weighted by atomic mass is 9.88. The molecule has 1 saturated carbocycles. The Hall–Kier alpha value is -3.70. The van der Waals surface area contributed by atoms with Crippen molar-refractivity contribution in [1.82, 2.24) is 14.5 Å². The molecule has 0 atom stereocenters. The van der Waals surface area contributed by atoms with Crippen LogP contribution >= 0.6 is 0 Å². The predicted molar refractivity (Wildman–Crippen MR) is 133 cm³/mol. The zero-order valence-electron chi connectivity index (χ0n) is 21.6. The molecule has 4 rings (SSSR count). The van der Waals surface area contributed by atoms with Gasteiger partial charge >= 0.3 is 5.69 Å². The summed E-state index contributed by atoms with van der Waals surface area (Å²) in [5.41, 5.74) is 5.31. The van der Waals surface area contributed by atoms with Gasteiger partial charge in [-0.25, -0.2) is 26.7 Å². The average molecular weight is 553 g/mol. The van der Waals surface area contributed by atoms with Crippen LogP contribution in [0.1, 0.15) is 54.4 Å². The van der Waals surface area contributed by atoms with E-state index >= 15 is 0 Å². The number of hydrogen-bond donors (Lipinski definition) is 2. The van der Waals surface area contributed by atoms with Gasteiger partial charge in [0.2, 0.25) is 17.6 Å². The second-order valence-electron chi connectivity index (χ2n) is 10.2. The lowest BCUT2D eigenvalue weighted by Gasteiger charge is -2.29. The molecule has 1 heterocycles. The molecule has 0 bridgehead atoms. The highest BCUT2D eigenvalue weighted by molar-refractivity contribution is 5.90. The maximum Gasteiger partial charge on any atom is 0.326 e. The topological polar surface area (TPSA) is 101 Å². The molecule has 12 heteroatoms. The van der Waals surface area contributed by atoms with Crippen LogP contribution < -0.4 is 11.4 Å². The van der Waals surface area contributed by atoms with E-state index in [1.807, 2.05) is 0 Å². The smallest absolute Gasteiger partial charge is 0.326 e. The largest absolute Gasteiger partial charge is 0.368 e. The van der Waals surface area contributed by atoms with Crippen molar-refractivity contribution in [3.05, 3.63) is 67.9 Å². The Morgan fingerprint density at radius 2 is 1.56 bits per heavy atom. The number of H-pyrrole nitrogens is 1. The Morgan fingerprint density at radius 3 is 2.15 bits per heavy atom. The third-order valence-electron chi connectivity index (χ3n) is 7.55. The molecule has 1 fully saturated rings. The second-order valence-corrected chi connectivity index (χ2v) is 10.2. The number of carbonyl (C=O) groups is 2. The molecule has 3 N–H and O–H groups in total. The minimum Gasteiger partial charge on any atom is -0.368 e. The van der Waals surface area contributed by atoms with Crippen LogP contribution in [-0.2, 0) is 22.6 Å². The first-order chi connectivity index (χ1) is 18.4. The first-order valence-corrected chi connectivity index (χ1v) is 12.7. The van der Waals surface area contributed by atoms with E-state index in [2.05, 4.69) is 4.98 Å². The summed E-state index contributed by atoms with van der Waals surface area (Å²) in [7, 11) is 0. The van der Waals surface area contributed by atoms with Gasteiger partial charge in [0.25, 0.3) is 0 Å². The number of nitrogens with zero attached hydrogens (tertiary/aromatic N) is 2. The number of amides is 2. The molecular formula is C27H29F5N4O3. The third-order valence-corrected chi connectivity index (χ3v) is 7.55. The molecule has 0 aliphatic heterocycles. The summed E-state index contributed by atoms with van der Waals surface area (Å²) in [4.78, 5) is 42.0. The number of aromatic amines is 1. The Kier molecular flexibility index (Phi) is 8.12. The van der Waals surface area contributed by atoms with Crippen LogP contribution in [0.3, 0.4) is 0 Å². The number of aryl methyl sites for hydroxylation is 1. The molecule has 1 aliphatic rings. The van der Waals surface area contributed by atoms with E-state index in [1.54, 1.807) is 19.9 Å². The molecule has 0 unspecified atom stereocenters. The van der Waals surface area contributed by atoms with Gasteiger partial charge in [-0.1, -0.05) is 19.3 Å². The molecule has 1 aromatic heterocycles. The minimum atomic E-state index is -2.30. The van der Waals surface area contributed by atoms with E-state index in [9.17, 15) is 36.3 Å². The molecule has 0 saturated heterocycles. The van der Waals surface area contributed by atoms with Crippen molar-refractivity contribution in [2.75, 3.05) is 13.1 Å². The highest BCUT2D eigenvalue weighted by Crippen LogP contribution is 2.29. The van der Waals surface area contributed by atoms with Gasteiger partial charge < -0.3 is 15.6 Å². The van der Waals surface area contributed by atoms with Crippen LogP contribution in [0.15, 0.2) is 10.9 Å². The molecule has 2 aromatic carbocycles. The van der Waals surface area contributed by atoms with Crippen molar-refractivity contribution < 1.29 is 31.5 Å². The monoisotopic (exact) mass is 552 g/mol. The van der Waals surface area contributed by atoms with Crippen LogP contribution in [-0.4, -0.2) is 39.4 Å². The van der Waals surface area contributed by atoms with Gasteiger partial charge in [-0.15, -0.1) is 0 Å². The number of benzene rings is 2. The number of nitrogens with two attached hydrogens (primary N) is 1. The van der Waals surface area contributed by atoms with E-state index in [0.29, 0.717) is 23.2 Å². The molecular weight excluding hydrogens is 523 g/mol. The molecule has 210 valence electrons. The zero-order chi connectivity index (χ0) is 28.6. The van der Waals surface area contributed by atoms with Crippen molar-refractivity contribution >= 4 is 22.8 Å². The summed E-state index contributed by atoms with van der Waals surface area (Å²) >= 11 is 0. The Balaban J connectivity index is 1.78. The standard InChI is InChI=1S/C27H29F5N4O3/c1-13-8-18-26(36(27(39)34-18)11-17-21(28)23(30)25(32)24(31)22(17)29)16(14(13)2)9-20(38)35(12-19(33)37)10-15-6-4-3-5-7-15/h8,15H,3-7,9-12H2,1-2H3,(H2,33,37)(H,34,39). The van der Waals surface area contributed by atoms with Crippen LogP contribution in [0, 0.1) is 48.9 Å². The van der Waals surface area contributed by atoms with Gasteiger partial charge in [0.15, 0.2) is 23.3 Å². The van der Waals surface area contributed by atoms with E-state index in [0.717, 1.165) is 36.7 Å². The van der Waals surface area contributed by atoms with Crippen molar-refractivity contribution in [2.24, 2.45) is 11.7 Å². The van der Waals surface area contributed by atoms with Gasteiger partial charge in [0, 0.05) is 12.1 Å². The quantitative estimate of drug-likeness (QED) is 0.250. The molecule has 0 spiro atoms. The zero-order valence-corrected chi connectivity index (χ0v) is 21.6. The number of rotatable bonds is 8. The second kappa shape index (κ2) is 11.2. The SMILES string of the molecule is Cc1cc2[nH]c(=O)n(Cc3c(F)c(F)c(F)c(F)c3F)c2c(CC(=O)N(CC(N)=O)CC2CCCCC2)c1C. The number of hydrogen-bond acceptors (Lipinski definition) is 3. The fraction of sp³-hybridized carbons (Fsp3) is 0.444. The third kappa shape index (κ3) is 5.55. The summed E-state index contributed by atoms with van der Waals surface area (Å²) in [6.45, 7) is 2.50. The molecule has 3 aromatic rings. The first kappa shape index (κ1) is 28.3. The van der Waals surface area contributed by atoms with Crippen LogP contribution in [0.5, 0.6) is 0 Å². The van der Waals surface area contributed by atoms with Gasteiger partial charge in [0.05, 0.1) is 30.5 Å². The molecule has 1 aliphatic carbocycles. The van der Waals surface area contributed by atoms with Crippen LogP contribution in [0.4, 0.5) is 22.0 Å². The summed E-state index contributed by atoms with van der Waals surface area (Å²) in [5.74, 6) is -11.6. The lowest BCUT2D eigenvalue weighted by molar-refractivity contribution is -0.135. The van der Waals surface area contributed by atoms with Crippen molar-refractivity contribution in [1.29, 1.82) is 0 Å². The van der Waals surface area contributed by atoms with Crippen molar-refractivity contribution in [3.8, 4) is 0 Å². The van der Waals surface area contributed by atoms with E-state index < -0.39 is 58.7 Å². The fourth-order valence-corrected chi connectivity index (χ4v) is 5.36. The summed E-state index contributed by atoms with van der Waals surface area (Å²) in [6.07, 6.45) is 4.70. The van der Waals surface area contributed by atoms with E-state index in [-0.39, 0.29) is 29.9 Å². The average Bonchev–Trinajstić information content (AvgIpc) is 3.20. The number of imidazole rings is 1. The summed E-state index contributed by atoms with van der Waals surface area (Å²) in [6, 6.07) is 1.60. The number of carbonyl (C=O) groups excluding carboxylic acids is 2. The maximum atomic E-state index is 14.5. The molecule has 2 amide bonds. The van der Waals surface area contributed by atoms with Gasteiger partial charge in [-0.3, -0.25) is 14.2 Å². The molecule has 7 nitrogen and oxygen atoms in total. The lowest BCUT2D eigenvalue weighted by Crippen LogP contribution is -2.42. The first-order valence-electron chi connectivity index (χ1n) is 12.7. The number of primary amides is 1. The molecule has 0 radical (unpaired) electrons. The van der Waals surface area contributed by atoms with Gasteiger partial charge in [-0.2, -0.15) is 0 Å². The summed E-state index contributed by atoms with van der Waals surface area (Å²) < 4.78 is 71.1. The predicted octanol–water partition coefficient (Wildman–Crippen LogP) is 4.13. The number of nitrogens with one attached hydrogen (secondary N) is 1. The number of aromatic nitrogens is 2.